The maximum Gasteiger partial charge on any atom is 0.118 e. The molecule has 0 spiro atoms. The molecule has 1 unspecified atom stereocenters. The van der Waals surface area contributed by atoms with Crippen molar-refractivity contribution in [2.24, 2.45) is 5.73 Å². The molecule has 0 aromatic rings. The summed E-state index contributed by atoms with van der Waals surface area (Å²) < 4.78 is 0. The number of rotatable bonds is 0. The number of hydrogen-bond acceptors (Lipinski definition) is 3. The van der Waals surface area contributed by atoms with Crippen LogP contribution in [-0.4, -0.2) is 18.6 Å². The fourth-order valence-electron chi connectivity index (χ4n) is 0.807. The van der Waals surface area contributed by atoms with E-state index in [-0.39, 0.29) is 0 Å². The van der Waals surface area contributed by atoms with E-state index in [1.54, 1.807) is 0 Å². The average molecular weight is 111 g/mol. The second kappa shape index (κ2) is 1.73. The van der Waals surface area contributed by atoms with Crippen molar-refractivity contribution in [2.75, 3.05) is 13.1 Å². The zero-order chi connectivity index (χ0) is 6.04. The van der Waals surface area contributed by atoms with Crippen molar-refractivity contribution in [3.05, 3.63) is 0 Å². The van der Waals surface area contributed by atoms with Crippen LogP contribution in [0.25, 0.3) is 0 Å². The molecule has 0 saturated carbocycles. The maximum absolute atomic E-state index is 8.41. The van der Waals surface area contributed by atoms with Crippen LogP contribution in [0.1, 0.15) is 6.42 Å². The number of nitriles is 1. The SMILES string of the molecule is N#CC1(N)CCNC1. The average Bonchev–Trinajstić information content (AvgIpc) is 2.17. The number of nitrogens with one attached hydrogen (secondary N) is 1. The predicted molar refractivity (Wildman–Crippen MR) is 30.0 cm³/mol. The van der Waals surface area contributed by atoms with Gasteiger partial charge in [-0.25, -0.2) is 0 Å². The van der Waals surface area contributed by atoms with Crippen LogP contribution in [-0.2, 0) is 0 Å². The monoisotopic (exact) mass is 111 g/mol. The normalized spacial score (nSPS) is 37.0. The van der Waals surface area contributed by atoms with Crippen LogP contribution in [0.2, 0.25) is 0 Å². The highest BCUT2D eigenvalue weighted by atomic mass is 15.0. The van der Waals surface area contributed by atoms with Crippen molar-refractivity contribution in [2.45, 2.75) is 12.0 Å². The van der Waals surface area contributed by atoms with E-state index in [0.717, 1.165) is 13.0 Å². The molecule has 3 nitrogen and oxygen atoms in total. The first-order valence-corrected chi connectivity index (χ1v) is 2.68. The van der Waals surface area contributed by atoms with E-state index in [0.29, 0.717) is 6.54 Å². The molecule has 1 saturated heterocycles. The molecule has 3 heteroatoms. The van der Waals surface area contributed by atoms with Crippen molar-refractivity contribution in [1.82, 2.24) is 5.32 Å². The first-order valence-electron chi connectivity index (χ1n) is 2.68. The van der Waals surface area contributed by atoms with Crippen molar-refractivity contribution in [3.8, 4) is 6.07 Å². The van der Waals surface area contributed by atoms with Gasteiger partial charge < -0.3 is 11.1 Å². The third kappa shape index (κ3) is 0.808. The Balaban J connectivity index is 2.56. The van der Waals surface area contributed by atoms with Gasteiger partial charge in [-0.2, -0.15) is 5.26 Å². The summed E-state index contributed by atoms with van der Waals surface area (Å²) >= 11 is 0. The Hall–Kier alpha value is -0.590. The highest BCUT2D eigenvalue weighted by molar-refractivity contribution is 5.09. The minimum atomic E-state index is -0.569. The van der Waals surface area contributed by atoms with Crippen molar-refractivity contribution in [3.63, 3.8) is 0 Å². The van der Waals surface area contributed by atoms with E-state index in [1.807, 2.05) is 0 Å². The lowest BCUT2D eigenvalue weighted by molar-refractivity contribution is 0.599. The topological polar surface area (TPSA) is 61.8 Å². The number of nitrogens with two attached hydrogens (primary N) is 1. The zero-order valence-electron chi connectivity index (χ0n) is 4.65. The van der Waals surface area contributed by atoms with Crippen LogP contribution < -0.4 is 11.1 Å². The molecule has 0 bridgehead atoms. The van der Waals surface area contributed by atoms with Crippen molar-refractivity contribution >= 4 is 0 Å². The minimum absolute atomic E-state index is 0.569. The van der Waals surface area contributed by atoms with E-state index in [2.05, 4.69) is 11.4 Å². The standard InChI is InChI=1S/C5H9N3/c6-3-5(7)1-2-8-4-5/h8H,1-2,4,7H2. The summed E-state index contributed by atoms with van der Waals surface area (Å²) in [6.45, 7) is 1.52. The van der Waals surface area contributed by atoms with E-state index in [1.165, 1.54) is 0 Å². The molecule has 0 aromatic carbocycles. The molecule has 0 aromatic heterocycles. The molecule has 1 heterocycles. The molecule has 0 radical (unpaired) electrons. The molecule has 0 aliphatic carbocycles. The Morgan fingerprint density at radius 3 is 2.75 bits per heavy atom. The summed E-state index contributed by atoms with van der Waals surface area (Å²) in [5.74, 6) is 0. The van der Waals surface area contributed by atoms with Gasteiger partial charge in [0.2, 0.25) is 0 Å². The Bertz CT molecular complexity index is 118. The van der Waals surface area contributed by atoms with Gasteiger partial charge in [0.05, 0.1) is 6.07 Å². The molecule has 44 valence electrons. The van der Waals surface area contributed by atoms with Crippen LogP contribution in [0.15, 0.2) is 0 Å². The van der Waals surface area contributed by atoms with E-state index in [4.69, 9.17) is 11.0 Å². The van der Waals surface area contributed by atoms with Gasteiger partial charge in [0.25, 0.3) is 0 Å². The van der Waals surface area contributed by atoms with Gasteiger partial charge in [-0.1, -0.05) is 0 Å². The van der Waals surface area contributed by atoms with Crippen LogP contribution in [0, 0.1) is 11.3 Å². The van der Waals surface area contributed by atoms with Crippen molar-refractivity contribution in [1.29, 1.82) is 5.26 Å². The second-order valence-electron chi connectivity index (χ2n) is 2.19. The Morgan fingerprint density at radius 1 is 1.75 bits per heavy atom. The molecule has 1 fully saturated rings. The van der Waals surface area contributed by atoms with Gasteiger partial charge in [-0.15, -0.1) is 0 Å². The third-order valence-electron chi connectivity index (χ3n) is 1.41. The van der Waals surface area contributed by atoms with Gasteiger partial charge in [-0.3, -0.25) is 0 Å². The first kappa shape index (κ1) is 5.54. The second-order valence-corrected chi connectivity index (χ2v) is 2.19. The molecule has 1 aliphatic rings. The first-order chi connectivity index (χ1) is 3.77. The van der Waals surface area contributed by atoms with Gasteiger partial charge in [0.15, 0.2) is 0 Å². The summed E-state index contributed by atoms with van der Waals surface area (Å²) in [4.78, 5) is 0. The summed E-state index contributed by atoms with van der Waals surface area (Å²) in [6, 6.07) is 2.06. The third-order valence-corrected chi connectivity index (χ3v) is 1.41. The van der Waals surface area contributed by atoms with E-state index < -0.39 is 5.54 Å². The highest BCUT2D eigenvalue weighted by Crippen LogP contribution is 2.07. The number of nitrogens with zero attached hydrogens (tertiary/aromatic N) is 1. The minimum Gasteiger partial charge on any atom is -0.314 e. The molecule has 1 atom stereocenters. The predicted octanol–water partition coefficient (Wildman–Crippen LogP) is -0.799. The molecule has 1 aliphatic heterocycles. The quantitative estimate of drug-likeness (QED) is 0.430. The highest BCUT2D eigenvalue weighted by Gasteiger charge is 2.28. The van der Waals surface area contributed by atoms with Crippen LogP contribution >= 0.6 is 0 Å². The molecule has 0 amide bonds. The van der Waals surface area contributed by atoms with Crippen LogP contribution in [0.3, 0.4) is 0 Å². The molecular weight excluding hydrogens is 102 g/mol. The fraction of sp³-hybridized carbons (Fsp3) is 0.800. The largest absolute Gasteiger partial charge is 0.314 e. The lowest BCUT2D eigenvalue weighted by Crippen LogP contribution is -2.39. The van der Waals surface area contributed by atoms with Gasteiger partial charge >= 0.3 is 0 Å². The maximum atomic E-state index is 8.41. The molecule has 1 rings (SSSR count). The zero-order valence-corrected chi connectivity index (χ0v) is 4.65. The van der Waals surface area contributed by atoms with Gasteiger partial charge in [0.1, 0.15) is 5.54 Å². The van der Waals surface area contributed by atoms with Crippen LogP contribution in [0.4, 0.5) is 0 Å². The molecule has 8 heavy (non-hydrogen) atoms. The van der Waals surface area contributed by atoms with Gasteiger partial charge in [0, 0.05) is 6.54 Å². The molecule has 3 N–H and O–H groups in total. The van der Waals surface area contributed by atoms with E-state index in [9.17, 15) is 0 Å². The molecular formula is C5H9N3. The lowest BCUT2D eigenvalue weighted by atomic mass is 10.0. The fourth-order valence-corrected chi connectivity index (χ4v) is 0.807. The Labute approximate surface area is 48.5 Å². The summed E-state index contributed by atoms with van der Waals surface area (Å²) in [5.41, 5.74) is 4.97. The van der Waals surface area contributed by atoms with Crippen LogP contribution in [0.5, 0.6) is 0 Å². The number of hydrogen-bond donors (Lipinski definition) is 2. The van der Waals surface area contributed by atoms with Gasteiger partial charge in [-0.05, 0) is 13.0 Å². The summed E-state index contributed by atoms with van der Waals surface area (Å²) in [5, 5.41) is 11.4. The summed E-state index contributed by atoms with van der Waals surface area (Å²) in [6.07, 6.45) is 0.781. The summed E-state index contributed by atoms with van der Waals surface area (Å²) in [7, 11) is 0. The van der Waals surface area contributed by atoms with Crippen molar-refractivity contribution < 1.29 is 0 Å². The Morgan fingerprint density at radius 2 is 2.50 bits per heavy atom. The Kier molecular flexibility index (Phi) is 1.20. The smallest absolute Gasteiger partial charge is 0.118 e. The van der Waals surface area contributed by atoms with E-state index >= 15 is 0 Å². The lowest BCUT2D eigenvalue weighted by Gasteiger charge is -2.09.